The lowest BCUT2D eigenvalue weighted by molar-refractivity contribution is -0.295. The molecule has 1 fully saturated rings. The van der Waals surface area contributed by atoms with Gasteiger partial charge in [-0.3, -0.25) is 0 Å². The van der Waals surface area contributed by atoms with Gasteiger partial charge in [-0.25, -0.2) is 0 Å². The molecule has 14 heavy (non-hydrogen) atoms. The Hall–Kier alpha value is -0.240. The molecule has 0 spiro atoms. The second-order valence-electron chi connectivity index (χ2n) is 3.00. The summed E-state index contributed by atoms with van der Waals surface area (Å²) in [6.07, 6.45) is -5.67. The first-order valence-corrected chi connectivity index (χ1v) is 4.09. The van der Waals surface area contributed by atoms with Crippen molar-refractivity contribution in [2.24, 2.45) is 0 Å². The predicted octanol–water partition coefficient (Wildman–Crippen LogP) is -1.91. The topological polar surface area (TPSA) is 88.4 Å². The van der Waals surface area contributed by atoms with Crippen molar-refractivity contribution in [1.82, 2.24) is 0 Å². The maximum absolute atomic E-state index is 9.80. The van der Waals surface area contributed by atoms with E-state index in [0.29, 0.717) is 0 Å². The minimum absolute atomic E-state index is 0.411. The molecule has 6 nitrogen and oxygen atoms in total. The zero-order valence-corrected chi connectivity index (χ0v) is 7.57. The van der Waals surface area contributed by atoms with Gasteiger partial charge in [-0.05, 0) is 0 Å². The summed E-state index contributed by atoms with van der Waals surface area (Å²) >= 11 is 0. The zero-order valence-electron chi connectivity index (χ0n) is 9.57. The van der Waals surface area contributed by atoms with Gasteiger partial charge in [0.05, 0.1) is 9.35 Å². The molecule has 0 aromatic rings. The van der Waals surface area contributed by atoms with Crippen molar-refractivity contribution >= 4 is 0 Å². The number of methoxy groups -OCH3 is 2. The molecule has 0 aliphatic carbocycles. The Balaban J connectivity index is 2.71. The fraction of sp³-hybridized carbons (Fsp3) is 1.00. The minimum atomic E-state index is -1.43. The SMILES string of the molecule is [2H]CO[C@H]1[C@H](O)[C@@H](OC[2H])C(O)O[C@@H]1CO. The minimum Gasteiger partial charge on any atom is -0.394 e. The van der Waals surface area contributed by atoms with Gasteiger partial charge in [0.1, 0.15) is 24.4 Å². The van der Waals surface area contributed by atoms with Crippen LogP contribution in [0.5, 0.6) is 0 Å². The molecule has 0 bridgehead atoms. The van der Waals surface area contributed by atoms with Crippen LogP contribution in [0.2, 0.25) is 0 Å². The maximum atomic E-state index is 9.80. The van der Waals surface area contributed by atoms with Crippen molar-refractivity contribution in [3.63, 3.8) is 0 Å². The fourth-order valence-electron chi connectivity index (χ4n) is 1.44. The Morgan fingerprint density at radius 3 is 2.50 bits per heavy atom. The molecule has 1 unspecified atom stereocenters. The van der Waals surface area contributed by atoms with E-state index < -0.39 is 51.5 Å². The zero-order chi connectivity index (χ0) is 12.1. The summed E-state index contributed by atoms with van der Waals surface area (Å²) in [6.45, 7) is -0.452. The number of aliphatic hydroxyl groups is 3. The normalized spacial score (nSPS) is 45.8. The van der Waals surface area contributed by atoms with Crippen LogP contribution in [0.3, 0.4) is 0 Å². The predicted molar refractivity (Wildman–Crippen MR) is 45.6 cm³/mol. The van der Waals surface area contributed by atoms with Crippen LogP contribution in [-0.2, 0) is 14.2 Å². The lowest BCUT2D eigenvalue weighted by Gasteiger charge is -2.40. The number of aliphatic hydroxyl groups excluding tert-OH is 3. The first-order valence-electron chi connectivity index (χ1n) is 5.51. The van der Waals surface area contributed by atoms with Gasteiger partial charge in [0, 0.05) is 14.2 Å². The average Bonchev–Trinajstić information content (AvgIpc) is 2.28. The van der Waals surface area contributed by atoms with Crippen LogP contribution in [-0.4, -0.2) is 66.8 Å². The van der Waals surface area contributed by atoms with Crippen LogP contribution in [0, 0.1) is 0 Å². The summed E-state index contributed by atoms with van der Waals surface area (Å²) < 4.78 is 28.4. The molecular formula is C8H16O6. The molecule has 0 aromatic heterocycles. The summed E-state index contributed by atoms with van der Waals surface area (Å²) in [5, 5.41) is 28.2. The van der Waals surface area contributed by atoms with Crippen LogP contribution in [0.1, 0.15) is 2.74 Å². The van der Waals surface area contributed by atoms with Crippen molar-refractivity contribution in [1.29, 1.82) is 0 Å². The molecular weight excluding hydrogens is 192 g/mol. The molecule has 1 heterocycles. The van der Waals surface area contributed by atoms with Crippen molar-refractivity contribution in [2.75, 3.05) is 20.8 Å². The van der Waals surface area contributed by atoms with E-state index >= 15 is 0 Å². The highest BCUT2D eigenvalue weighted by Gasteiger charge is 2.44. The Labute approximate surface area is 84.8 Å². The van der Waals surface area contributed by atoms with Gasteiger partial charge < -0.3 is 29.5 Å². The van der Waals surface area contributed by atoms with Gasteiger partial charge in [0.15, 0.2) is 6.29 Å². The lowest BCUT2D eigenvalue weighted by Crippen LogP contribution is -2.59. The largest absolute Gasteiger partial charge is 0.394 e. The van der Waals surface area contributed by atoms with Crippen molar-refractivity contribution in [3.05, 3.63) is 0 Å². The quantitative estimate of drug-likeness (QED) is 0.503. The van der Waals surface area contributed by atoms with Crippen molar-refractivity contribution < 1.29 is 32.3 Å². The molecule has 84 valence electrons. The molecule has 1 aliphatic heterocycles. The van der Waals surface area contributed by atoms with Gasteiger partial charge in [0.2, 0.25) is 0 Å². The molecule has 5 atom stereocenters. The van der Waals surface area contributed by atoms with Gasteiger partial charge >= 0.3 is 0 Å². The van der Waals surface area contributed by atoms with E-state index in [1.165, 1.54) is 0 Å². The maximum Gasteiger partial charge on any atom is 0.184 e. The molecule has 0 saturated carbocycles. The van der Waals surface area contributed by atoms with E-state index in [2.05, 4.69) is 0 Å². The van der Waals surface area contributed by atoms with Crippen LogP contribution in [0.15, 0.2) is 0 Å². The summed E-state index contributed by atoms with van der Waals surface area (Å²) in [4.78, 5) is 0. The fourth-order valence-corrected chi connectivity index (χ4v) is 1.44. The Bertz CT molecular complexity index is 207. The van der Waals surface area contributed by atoms with Crippen molar-refractivity contribution in [3.8, 4) is 0 Å². The van der Waals surface area contributed by atoms with Gasteiger partial charge in [-0.2, -0.15) is 0 Å². The van der Waals surface area contributed by atoms with E-state index in [1.54, 1.807) is 0 Å². The first-order chi connectivity index (χ1) is 7.65. The number of hydrogen-bond acceptors (Lipinski definition) is 6. The van der Waals surface area contributed by atoms with E-state index in [4.69, 9.17) is 22.1 Å². The second-order valence-corrected chi connectivity index (χ2v) is 3.00. The highest BCUT2D eigenvalue weighted by atomic mass is 16.7. The number of hydrogen-bond donors (Lipinski definition) is 3. The monoisotopic (exact) mass is 210 g/mol. The van der Waals surface area contributed by atoms with E-state index in [-0.39, 0.29) is 0 Å². The number of ether oxygens (including phenoxy) is 3. The summed E-state index contributed by atoms with van der Waals surface area (Å²) in [5.41, 5.74) is 0. The molecule has 1 rings (SSSR count). The van der Waals surface area contributed by atoms with Crippen LogP contribution in [0.25, 0.3) is 0 Å². The van der Waals surface area contributed by atoms with Gasteiger partial charge in [-0.15, -0.1) is 0 Å². The van der Waals surface area contributed by atoms with Crippen LogP contribution in [0.4, 0.5) is 0 Å². The smallest absolute Gasteiger partial charge is 0.184 e. The highest BCUT2D eigenvalue weighted by Crippen LogP contribution is 2.23. The van der Waals surface area contributed by atoms with Crippen LogP contribution >= 0.6 is 0 Å². The summed E-state index contributed by atoms with van der Waals surface area (Å²) in [5.74, 6) is 0. The average molecular weight is 210 g/mol. The number of rotatable bonds is 3. The molecule has 0 radical (unpaired) electrons. The Kier molecular flexibility index (Phi) is 3.23. The Morgan fingerprint density at radius 1 is 1.29 bits per heavy atom. The standard InChI is InChI=1S/C8H16O6/c1-12-6-4(3-9)14-8(11)7(13-2)5(6)10/h4-11H,3H2,1-2H3/t4-,5+,6-,7-,8?/m1/s1/i1D,2D. The van der Waals surface area contributed by atoms with E-state index in [0.717, 1.165) is 0 Å². The summed E-state index contributed by atoms with van der Waals surface area (Å²) in [7, 11) is -0.856. The molecule has 3 N–H and O–H groups in total. The molecule has 1 saturated heterocycles. The second kappa shape index (κ2) is 5.01. The molecule has 0 aromatic carbocycles. The first kappa shape index (κ1) is 9.02. The molecule has 1 aliphatic rings. The molecule has 0 amide bonds. The highest BCUT2D eigenvalue weighted by molar-refractivity contribution is 4.90. The van der Waals surface area contributed by atoms with Crippen LogP contribution < -0.4 is 0 Å². The molecule has 6 heteroatoms. The van der Waals surface area contributed by atoms with Gasteiger partial charge in [-0.1, -0.05) is 0 Å². The van der Waals surface area contributed by atoms with Crippen molar-refractivity contribution in [2.45, 2.75) is 30.7 Å². The third kappa shape index (κ3) is 2.05. The summed E-state index contributed by atoms with van der Waals surface area (Å²) in [6, 6.07) is 0. The van der Waals surface area contributed by atoms with E-state index in [1.807, 2.05) is 0 Å². The third-order valence-electron chi connectivity index (χ3n) is 2.20. The third-order valence-corrected chi connectivity index (χ3v) is 2.20. The van der Waals surface area contributed by atoms with E-state index in [9.17, 15) is 10.2 Å². The lowest BCUT2D eigenvalue weighted by atomic mass is 9.99. The van der Waals surface area contributed by atoms with Gasteiger partial charge in [0.25, 0.3) is 0 Å². The Morgan fingerprint density at radius 2 is 1.93 bits per heavy atom.